The van der Waals surface area contributed by atoms with E-state index in [1.165, 1.54) is 18.7 Å². The molecule has 0 heterocycles. The summed E-state index contributed by atoms with van der Waals surface area (Å²) < 4.78 is 0. The summed E-state index contributed by atoms with van der Waals surface area (Å²) in [5.74, 6) is -5.51. The van der Waals surface area contributed by atoms with E-state index in [0.29, 0.717) is 12.2 Å². The zero-order valence-corrected chi connectivity index (χ0v) is 18.1. The molecular formula is C17H29N5O8S. The Morgan fingerprint density at radius 3 is 1.97 bits per heavy atom. The van der Waals surface area contributed by atoms with Crippen LogP contribution in [0.3, 0.4) is 0 Å². The largest absolute Gasteiger partial charge is 0.481 e. The average Bonchev–Trinajstić information content (AvgIpc) is 2.67. The zero-order chi connectivity index (χ0) is 24.1. The van der Waals surface area contributed by atoms with Gasteiger partial charge in [0, 0.05) is 6.42 Å². The van der Waals surface area contributed by atoms with Crippen molar-refractivity contribution in [3.05, 3.63) is 0 Å². The zero-order valence-electron chi connectivity index (χ0n) is 17.3. The van der Waals surface area contributed by atoms with Gasteiger partial charge in [-0.25, -0.2) is 4.79 Å². The molecular weight excluding hydrogens is 434 g/mol. The molecule has 0 radical (unpaired) electrons. The number of aliphatic carboxylic acids is 2. The summed E-state index contributed by atoms with van der Waals surface area (Å²) in [5, 5.41) is 24.5. The van der Waals surface area contributed by atoms with E-state index in [2.05, 4.69) is 16.0 Å². The molecule has 176 valence electrons. The molecule has 0 aliphatic carbocycles. The van der Waals surface area contributed by atoms with Crippen LogP contribution in [0.25, 0.3) is 0 Å². The quantitative estimate of drug-likeness (QED) is 0.133. The smallest absolute Gasteiger partial charge is 0.326 e. The van der Waals surface area contributed by atoms with Crippen LogP contribution in [0.1, 0.15) is 32.6 Å². The second kappa shape index (κ2) is 14.2. The van der Waals surface area contributed by atoms with E-state index in [9.17, 15) is 28.8 Å². The molecule has 31 heavy (non-hydrogen) atoms. The Morgan fingerprint density at radius 1 is 0.903 bits per heavy atom. The second-order valence-corrected chi connectivity index (χ2v) is 7.67. The van der Waals surface area contributed by atoms with Gasteiger partial charge in [0.1, 0.15) is 18.1 Å². The number of nitrogens with two attached hydrogens (primary N) is 2. The summed E-state index contributed by atoms with van der Waals surface area (Å²) in [6.07, 6.45) is 0.664. The normalized spacial score (nSPS) is 14.4. The van der Waals surface area contributed by atoms with Crippen molar-refractivity contribution >= 4 is 47.3 Å². The van der Waals surface area contributed by atoms with E-state index in [4.69, 9.17) is 21.7 Å². The molecule has 0 saturated heterocycles. The van der Waals surface area contributed by atoms with Crippen LogP contribution < -0.4 is 27.4 Å². The topological polar surface area (TPSA) is 231 Å². The number of carbonyl (C=O) groups excluding carboxylic acids is 4. The van der Waals surface area contributed by atoms with E-state index >= 15 is 0 Å². The SMILES string of the molecule is CSCCC(N)C(=O)NC(C)C(=O)NC(CC(N)=O)C(=O)NC(CCC(=O)O)C(=O)O. The molecule has 9 N–H and O–H groups in total. The first kappa shape index (κ1) is 28.1. The maximum atomic E-state index is 12.4. The van der Waals surface area contributed by atoms with Gasteiger partial charge in [0.15, 0.2) is 0 Å². The monoisotopic (exact) mass is 463 g/mol. The summed E-state index contributed by atoms with van der Waals surface area (Å²) in [4.78, 5) is 69.9. The molecule has 0 spiro atoms. The van der Waals surface area contributed by atoms with Crippen molar-refractivity contribution in [2.75, 3.05) is 12.0 Å². The summed E-state index contributed by atoms with van der Waals surface area (Å²) in [6.45, 7) is 1.33. The maximum Gasteiger partial charge on any atom is 0.326 e. The first-order valence-electron chi connectivity index (χ1n) is 9.27. The highest BCUT2D eigenvalue weighted by molar-refractivity contribution is 7.98. The van der Waals surface area contributed by atoms with E-state index in [1.54, 1.807) is 0 Å². The Labute approximate surface area is 183 Å². The number of thioether (sulfide) groups is 1. The fourth-order valence-electron chi connectivity index (χ4n) is 2.27. The molecule has 4 amide bonds. The van der Waals surface area contributed by atoms with Gasteiger partial charge >= 0.3 is 11.9 Å². The van der Waals surface area contributed by atoms with Crippen molar-refractivity contribution < 1.29 is 39.0 Å². The third kappa shape index (κ3) is 11.8. The first-order valence-corrected chi connectivity index (χ1v) is 10.7. The van der Waals surface area contributed by atoms with Gasteiger partial charge in [-0.05, 0) is 31.8 Å². The Kier molecular flexibility index (Phi) is 12.9. The molecule has 4 unspecified atom stereocenters. The molecule has 0 saturated carbocycles. The Balaban J connectivity index is 5.09. The number of amides is 4. The molecule has 0 aromatic rings. The van der Waals surface area contributed by atoms with Gasteiger partial charge in [-0.1, -0.05) is 0 Å². The lowest BCUT2D eigenvalue weighted by atomic mass is 10.1. The fourth-order valence-corrected chi connectivity index (χ4v) is 2.76. The minimum absolute atomic E-state index is 0.390. The molecule has 13 nitrogen and oxygen atoms in total. The standard InChI is InChI=1S/C17H29N5O8S/c1-8(20-15(27)9(18)5-6-31-2)14(26)22-11(7-12(19)23)16(28)21-10(17(29)30)3-4-13(24)25/h8-11H,3-7,18H2,1-2H3,(H2,19,23)(H,20,27)(H,21,28)(H,22,26)(H,24,25)(H,29,30). The van der Waals surface area contributed by atoms with Crippen LogP contribution in [0.15, 0.2) is 0 Å². The number of nitrogens with one attached hydrogen (secondary N) is 3. The van der Waals surface area contributed by atoms with Crippen LogP contribution in [0.4, 0.5) is 0 Å². The third-order valence-electron chi connectivity index (χ3n) is 4.02. The summed E-state index contributed by atoms with van der Waals surface area (Å²) in [7, 11) is 0. The number of hydrogen-bond donors (Lipinski definition) is 7. The summed E-state index contributed by atoms with van der Waals surface area (Å²) in [5.41, 5.74) is 10.8. The van der Waals surface area contributed by atoms with E-state index in [-0.39, 0.29) is 0 Å². The molecule has 14 heteroatoms. The van der Waals surface area contributed by atoms with Crippen molar-refractivity contribution in [1.82, 2.24) is 16.0 Å². The second-order valence-electron chi connectivity index (χ2n) is 6.68. The van der Waals surface area contributed by atoms with Crippen molar-refractivity contribution in [2.45, 2.75) is 56.8 Å². The van der Waals surface area contributed by atoms with Crippen LogP contribution in [0, 0.1) is 0 Å². The van der Waals surface area contributed by atoms with E-state index in [1.807, 2.05) is 6.26 Å². The van der Waals surface area contributed by atoms with Gasteiger partial charge in [-0.15, -0.1) is 0 Å². The number of rotatable bonds is 15. The Morgan fingerprint density at radius 2 is 1.48 bits per heavy atom. The molecule has 0 aliphatic heterocycles. The Hall–Kier alpha value is -2.87. The molecule has 0 aliphatic rings. The van der Waals surface area contributed by atoms with Crippen molar-refractivity contribution in [3.63, 3.8) is 0 Å². The lowest BCUT2D eigenvalue weighted by molar-refractivity contribution is -0.143. The van der Waals surface area contributed by atoms with E-state index < -0.39 is 79.0 Å². The molecule has 4 atom stereocenters. The highest BCUT2D eigenvalue weighted by Crippen LogP contribution is 2.02. The predicted octanol–water partition coefficient (Wildman–Crippen LogP) is -2.63. The van der Waals surface area contributed by atoms with Gasteiger partial charge in [-0.2, -0.15) is 11.8 Å². The maximum absolute atomic E-state index is 12.4. The van der Waals surface area contributed by atoms with Gasteiger partial charge in [-0.3, -0.25) is 24.0 Å². The van der Waals surface area contributed by atoms with Crippen LogP contribution in [0.2, 0.25) is 0 Å². The van der Waals surface area contributed by atoms with Crippen molar-refractivity contribution in [1.29, 1.82) is 0 Å². The van der Waals surface area contributed by atoms with Crippen LogP contribution in [0.5, 0.6) is 0 Å². The third-order valence-corrected chi connectivity index (χ3v) is 4.67. The number of carboxylic acids is 2. The van der Waals surface area contributed by atoms with Crippen molar-refractivity contribution in [2.24, 2.45) is 11.5 Å². The van der Waals surface area contributed by atoms with Gasteiger partial charge in [0.05, 0.1) is 12.5 Å². The van der Waals surface area contributed by atoms with Gasteiger partial charge in [0.2, 0.25) is 23.6 Å². The minimum Gasteiger partial charge on any atom is -0.481 e. The summed E-state index contributed by atoms with van der Waals surface area (Å²) >= 11 is 1.50. The molecule has 0 rings (SSSR count). The predicted molar refractivity (Wildman–Crippen MR) is 111 cm³/mol. The molecule has 0 fully saturated rings. The summed E-state index contributed by atoms with van der Waals surface area (Å²) in [6, 6.07) is -5.03. The molecule has 0 bridgehead atoms. The number of primary amides is 1. The van der Waals surface area contributed by atoms with Crippen LogP contribution in [-0.4, -0.2) is 82.0 Å². The van der Waals surface area contributed by atoms with Crippen LogP contribution in [-0.2, 0) is 28.8 Å². The van der Waals surface area contributed by atoms with Crippen LogP contribution >= 0.6 is 11.8 Å². The van der Waals surface area contributed by atoms with Gasteiger partial charge in [0.25, 0.3) is 0 Å². The fraction of sp³-hybridized carbons (Fsp3) is 0.647. The van der Waals surface area contributed by atoms with E-state index in [0.717, 1.165) is 0 Å². The molecule has 0 aromatic heterocycles. The highest BCUT2D eigenvalue weighted by atomic mass is 32.2. The first-order chi connectivity index (χ1) is 14.4. The Bertz CT molecular complexity index is 689. The number of carboxylic acid groups (broad SMARTS) is 2. The van der Waals surface area contributed by atoms with Crippen molar-refractivity contribution in [3.8, 4) is 0 Å². The average molecular weight is 464 g/mol. The highest BCUT2D eigenvalue weighted by Gasteiger charge is 2.30. The minimum atomic E-state index is -1.55. The lowest BCUT2D eigenvalue weighted by Gasteiger charge is -2.23. The van der Waals surface area contributed by atoms with Gasteiger partial charge < -0.3 is 37.6 Å². The number of carbonyl (C=O) groups is 6. The lowest BCUT2D eigenvalue weighted by Crippen LogP contribution is -2.57. The number of hydrogen-bond acceptors (Lipinski definition) is 8. The molecule has 0 aromatic carbocycles.